The van der Waals surface area contributed by atoms with E-state index in [2.05, 4.69) is 15.0 Å². The molecule has 2 N–H and O–H groups in total. The second-order valence-corrected chi connectivity index (χ2v) is 4.04. The maximum Gasteiger partial charge on any atom is 0.261 e. The Morgan fingerprint density at radius 3 is 3.08 bits per heavy atom. The molecule has 0 aromatic carbocycles. The Morgan fingerprint density at radius 2 is 2.33 bits per heavy atom. The smallest absolute Gasteiger partial charge is 0.261 e. The van der Waals surface area contributed by atoms with Crippen molar-refractivity contribution in [3.63, 3.8) is 0 Å². The fourth-order valence-electron chi connectivity index (χ4n) is 1.03. The second-order valence-electron chi connectivity index (χ2n) is 2.36. The summed E-state index contributed by atoms with van der Waals surface area (Å²) in [5, 5.41) is 2.93. The monoisotopic (exact) mass is 185 g/mol. The fourth-order valence-corrected chi connectivity index (χ4v) is 2.06. The minimum Gasteiger partial charge on any atom is -0.369 e. The number of hydrogen-bond acceptors (Lipinski definition) is 4. The molecule has 0 spiro atoms. The van der Waals surface area contributed by atoms with Crippen LogP contribution in [-0.2, 0) is 10.0 Å². The zero-order valence-corrected chi connectivity index (χ0v) is 6.93. The van der Waals surface area contributed by atoms with Crippen molar-refractivity contribution in [2.24, 2.45) is 0 Å². The first kappa shape index (κ1) is 7.51. The quantitative estimate of drug-likeness (QED) is 0.584. The first-order chi connectivity index (χ1) is 5.70. The van der Waals surface area contributed by atoms with Gasteiger partial charge in [-0.05, 0) is 12.1 Å². The van der Waals surface area contributed by atoms with Gasteiger partial charge >= 0.3 is 0 Å². The van der Waals surface area contributed by atoms with Gasteiger partial charge < -0.3 is 5.32 Å². The third-order valence-corrected chi connectivity index (χ3v) is 2.93. The molecule has 0 saturated carbocycles. The molecule has 1 aromatic heterocycles. The summed E-state index contributed by atoms with van der Waals surface area (Å²) in [5.41, 5.74) is 0.552. The average molecular weight is 185 g/mol. The van der Waals surface area contributed by atoms with Crippen molar-refractivity contribution in [1.82, 2.24) is 9.71 Å². The number of hydrogen-bond donors (Lipinski definition) is 2. The van der Waals surface area contributed by atoms with Crippen molar-refractivity contribution in [1.29, 1.82) is 0 Å². The molecular formula is C6H7N3O2S. The highest BCUT2D eigenvalue weighted by Gasteiger charge is 2.23. The molecule has 2 heterocycles. The first-order valence-electron chi connectivity index (χ1n) is 3.39. The lowest BCUT2D eigenvalue weighted by Gasteiger charge is -2.17. The number of rotatable bonds is 0. The zero-order valence-electron chi connectivity index (χ0n) is 6.11. The molecule has 0 unspecified atom stereocenters. The Hall–Kier alpha value is -1.14. The molecule has 0 radical (unpaired) electrons. The predicted octanol–water partition coefficient (Wildman–Crippen LogP) is -0.257. The van der Waals surface area contributed by atoms with Crippen molar-refractivity contribution < 1.29 is 8.42 Å². The lowest BCUT2D eigenvalue weighted by atomic mass is 10.4. The Balaban J connectivity index is 2.67. The molecule has 1 aromatic rings. The molecule has 64 valence electrons. The zero-order chi connectivity index (χ0) is 8.60. The van der Waals surface area contributed by atoms with Gasteiger partial charge in [-0.1, -0.05) is 0 Å². The molecule has 12 heavy (non-hydrogen) atoms. The fraction of sp³-hybridized carbons (Fsp3) is 0.167. The Morgan fingerprint density at radius 1 is 1.50 bits per heavy atom. The van der Waals surface area contributed by atoms with Gasteiger partial charge in [0, 0.05) is 6.20 Å². The second kappa shape index (κ2) is 2.43. The highest BCUT2D eigenvalue weighted by molar-refractivity contribution is 7.89. The lowest BCUT2D eigenvalue weighted by molar-refractivity contribution is 0.577. The van der Waals surface area contributed by atoms with Crippen LogP contribution < -0.4 is 10.0 Å². The Kier molecular flexibility index (Phi) is 1.52. The van der Waals surface area contributed by atoms with Crippen LogP contribution in [0.25, 0.3) is 0 Å². The number of nitrogens with one attached hydrogen (secondary N) is 2. The first-order valence-corrected chi connectivity index (χ1v) is 4.87. The molecule has 1 aliphatic heterocycles. The van der Waals surface area contributed by atoms with Gasteiger partial charge in [0.15, 0.2) is 5.03 Å². The maximum absolute atomic E-state index is 11.3. The van der Waals surface area contributed by atoms with Crippen molar-refractivity contribution in [3.05, 3.63) is 18.3 Å². The summed E-state index contributed by atoms with van der Waals surface area (Å²) in [4.78, 5) is 3.76. The molecule has 0 aliphatic carbocycles. The van der Waals surface area contributed by atoms with Crippen molar-refractivity contribution in [3.8, 4) is 0 Å². The molecule has 0 saturated heterocycles. The van der Waals surface area contributed by atoms with Crippen LogP contribution in [0.2, 0.25) is 0 Å². The standard InChI is InChI=1S/C6H7N3O2S/c10-12(11)6-5(8-4-9-12)2-1-3-7-6/h1-3,8-9H,4H2. The van der Waals surface area contributed by atoms with Crippen molar-refractivity contribution in [2.75, 3.05) is 12.0 Å². The molecule has 0 atom stereocenters. The lowest BCUT2D eigenvalue weighted by Crippen LogP contribution is -2.35. The molecule has 6 heteroatoms. The van der Waals surface area contributed by atoms with E-state index in [0.717, 1.165) is 0 Å². The minimum atomic E-state index is -3.37. The van der Waals surface area contributed by atoms with Crippen molar-refractivity contribution >= 4 is 15.7 Å². The molecule has 0 amide bonds. The summed E-state index contributed by atoms with van der Waals surface area (Å²) < 4.78 is 24.8. The largest absolute Gasteiger partial charge is 0.369 e. The SMILES string of the molecule is O=S1(=O)NCNc2cccnc21. The van der Waals surface area contributed by atoms with Gasteiger partial charge in [-0.15, -0.1) is 0 Å². The number of sulfonamides is 1. The van der Waals surface area contributed by atoms with Crippen LogP contribution in [0.4, 0.5) is 5.69 Å². The van der Waals surface area contributed by atoms with Crippen LogP contribution in [0.3, 0.4) is 0 Å². The van der Waals surface area contributed by atoms with Crippen LogP contribution in [0, 0.1) is 0 Å². The summed E-state index contributed by atoms with van der Waals surface area (Å²) in [6, 6.07) is 3.37. The number of fused-ring (bicyclic) bond motifs is 1. The highest BCUT2D eigenvalue weighted by atomic mass is 32.2. The van der Waals surface area contributed by atoms with Crippen LogP contribution in [0.15, 0.2) is 23.4 Å². The van der Waals surface area contributed by atoms with Crippen LogP contribution in [0.1, 0.15) is 0 Å². The Labute approximate surface area is 69.9 Å². The van der Waals surface area contributed by atoms with E-state index < -0.39 is 10.0 Å². The number of anilines is 1. The summed E-state index contributed by atoms with van der Waals surface area (Å²) in [6.45, 7) is 0.223. The number of pyridine rings is 1. The van der Waals surface area contributed by atoms with Gasteiger partial charge in [0.1, 0.15) is 0 Å². The molecule has 2 rings (SSSR count). The third-order valence-electron chi connectivity index (χ3n) is 1.57. The van der Waals surface area contributed by atoms with E-state index in [4.69, 9.17) is 0 Å². The molecular weight excluding hydrogens is 178 g/mol. The normalized spacial score (nSPS) is 19.3. The highest BCUT2D eigenvalue weighted by Crippen LogP contribution is 2.19. The summed E-state index contributed by atoms with van der Waals surface area (Å²) in [6.07, 6.45) is 1.45. The van der Waals surface area contributed by atoms with Crippen LogP contribution in [0.5, 0.6) is 0 Å². The minimum absolute atomic E-state index is 0.0660. The van der Waals surface area contributed by atoms with E-state index in [1.165, 1.54) is 6.20 Å². The van der Waals surface area contributed by atoms with E-state index in [-0.39, 0.29) is 11.7 Å². The van der Waals surface area contributed by atoms with Crippen LogP contribution in [-0.4, -0.2) is 20.1 Å². The van der Waals surface area contributed by atoms with E-state index in [9.17, 15) is 8.42 Å². The Bertz CT molecular complexity index is 401. The van der Waals surface area contributed by atoms with Gasteiger partial charge in [0.2, 0.25) is 0 Å². The molecule has 5 nitrogen and oxygen atoms in total. The van der Waals surface area contributed by atoms with E-state index in [0.29, 0.717) is 5.69 Å². The topological polar surface area (TPSA) is 71.1 Å². The number of aromatic nitrogens is 1. The van der Waals surface area contributed by atoms with Crippen LogP contribution >= 0.6 is 0 Å². The van der Waals surface area contributed by atoms with Gasteiger partial charge in [0.25, 0.3) is 10.0 Å². The molecule has 0 fully saturated rings. The molecule has 0 bridgehead atoms. The van der Waals surface area contributed by atoms with Gasteiger partial charge in [-0.2, -0.15) is 4.72 Å². The predicted molar refractivity (Wildman–Crippen MR) is 43.0 cm³/mol. The summed E-state index contributed by atoms with van der Waals surface area (Å²) in [5.74, 6) is 0. The van der Waals surface area contributed by atoms with E-state index >= 15 is 0 Å². The maximum atomic E-state index is 11.3. The van der Waals surface area contributed by atoms with Gasteiger partial charge in [0.05, 0.1) is 12.4 Å². The van der Waals surface area contributed by atoms with E-state index in [1.54, 1.807) is 12.1 Å². The summed E-state index contributed by atoms with van der Waals surface area (Å²) >= 11 is 0. The third kappa shape index (κ3) is 1.05. The van der Waals surface area contributed by atoms with Gasteiger partial charge in [-0.25, -0.2) is 13.4 Å². The van der Waals surface area contributed by atoms with E-state index in [1.807, 2.05) is 0 Å². The number of nitrogens with zero attached hydrogens (tertiary/aromatic N) is 1. The molecule has 1 aliphatic rings. The van der Waals surface area contributed by atoms with Crippen molar-refractivity contribution in [2.45, 2.75) is 5.03 Å². The summed E-state index contributed by atoms with van der Waals surface area (Å²) in [7, 11) is -3.37. The average Bonchev–Trinajstić information content (AvgIpc) is 2.04. The van der Waals surface area contributed by atoms with Gasteiger partial charge in [-0.3, -0.25) is 0 Å².